The van der Waals surface area contributed by atoms with Crippen molar-refractivity contribution in [2.24, 2.45) is 0 Å². The molecule has 2 nitrogen and oxygen atoms in total. The van der Waals surface area contributed by atoms with E-state index in [9.17, 15) is 0 Å². The minimum absolute atomic E-state index is 0.0497. The normalized spacial score (nSPS) is 17.6. The molecule has 1 heterocycles. The summed E-state index contributed by atoms with van der Waals surface area (Å²) in [6.07, 6.45) is 0. The number of hydrogen-bond acceptors (Lipinski definition) is 1. The molecule has 1 aliphatic rings. The van der Waals surface area contributed by atoms with Gasteiger partial charge < -0.3 is 10.6 Å². The molecule has 0 saturated carbocycles. The first-order valence-electron chi connectivity index (χ1n) is 5.66. The summed E-state index contributed by atoms with van der Waals surface area (Å²) in [6, 6.07) is 16.0. The van der Waals surface area contributed by atoms with Crippen molar-refractivity contribution < 1.29 is 0 Å². The molecular weight excluding hydrogens is 264 g/mol. The first kappa shape index (κ1) is 11.5. The third-order valence-electron chi connectivity index (χ3n) is 2.98. The number of nitrogens with one attached hydrogen (secondary N) is 2. The van der Waals surface area contributed by atoms with E-state index in [1.807, 2.05) is 36.4 Å². The van der Waals surface area contributed by atoms with Gasteiger partial charge in [0.25, 0.3) is 0 Å². The quantitative estimate of drug-likeness (QED) is 0.775. The monoisotopic (exact) mass is 274 g/mol. The summed E-state index contributed by atoms with van der Waals surface area (Å²) < 4.78 is 0. The molecule has 0 radical (unpaired) electrons. The Balaban J connectivity index is 2.12. The van der Waals surface area contributed by atoms with E-state index < -0.39 is 0 Å². The Hall–Kier alpha value is -1.58. The van der Waals surface area contributed by atoms with Gasteiger partial charge in [0, 0.05) is 16.3 Å². The molecule has 1 aliphatic heterocycles. The Morgan fingerprint density at radius 2 is 1.83 bits per heavy atom. The summed E-state index contributed by atoms with van der Waals surface area (Å²) in [5.74, 6) is 0. The zero-order valence-electron chi connectivity index (χ0n) is 9.48. The highest BCUT2D eigenvalue weighted by Crippen LogP contribution is 2.33. The summed E-state index contributed by atoms with van der Waals surface area (Å²) >= 11 is 11.3. The van der Waals surface area contributed by atoms with Crippen LogP contribution in [0.5, 0.6) is 0 Å². The highest BCUT2D eigenvalue weighted by molar-refractivity contribution is 7.80. The van der Waals surface area contributed by atoms with Gasteiger partial charge in [-0.25, -0.2) is 0 Å². The molecule has 18 heavy (non-hydrogen) atoms. The second-order valence-corrected chi connectivity index (χ2v) is 5.02. The number of hydrogen-bond donors (Lipinski definition) is 2. The van der Waals surface area contributed by atoms with Gasteiger partial charge in [0.1, 0.15) is 0 Å². The van der Waals surface area contributed by atoms with Crippen LogP contribution in [0.25, 0.3) is 0 Å². The topological polar surface area (TPSA) is 24.1 Å². The number of rotatable bonds is 1. The Morgan fingerprint density at radius 3 is 2.61 bits per heavy atom. The molecule has 2 aromatic rings. The molecule has 2 N–H and O–H groups in total. The van der Waals surface area contributed by atoms with Crippen LogP contribution in [-0.2, 0) is 0 Å². The Labute approximate surface area is 116 Å². The summed E-state index contributed by atoms with van der Waals surface area (Å²) in [5, 5.41) is 7.79. The van der Waals surface area contributed by atoms with Gasteiger partial charge in [0.2, 0.25) is 0 Å². The van der Waals surface area contributed by atoms with Crippen molar-refractivity contribution >= 4 is 34.6 Å². The predicted octanol–water partition coefficient (Wildman–Crippen LogP) is 3.73. The Bertz CT molecular complexity index is 598. The van der Waals surface area contributed by atoms with E-state index in [0.29, 0.717) is 5.11 Å². The van der Waals surface area contributed by atoms with E-state index in [-0.39, 0.29) is 6.04 Å². The number of anilines is 1. The molecule has 0 bridgehead atoms. The lowest BCUT2D eigenvalue weighted by atomic mass is 9.96. The van der Waals surface area contributed by atoms with Gasteiger partial charge in [-0.1, -0.05) is 41.9 Å². The summed E-state index contributed by atoms with van der Waals surface area (Å²) in [5.41, 5.74) is 3.30. The van der Waals surface area contributed by atoms with Gasteiger partial charge in [0.05, 0.1) is 6.04 Å². The minimum Gasteiger partial charge on any atom is -0.351 e. The third-order valence-corrected chi connectivity index (χ3v) is 3.44. The van der Waals surface area contributed by atoms with E-state index in [1.54, 1.807) is 0 Å². The van der Waals surface area contributed by atoms with Crippen molar-refractivity contribution in [3.63, 3.8) is 0 Å². The zero-order valence-corrected chi connectivity index (χ0v) is 11.1. The van der Waals surface area contributed by atoms with Crippen molar-refractivity contribution in [2.45, 2.75) is 6.04 Å². The third kappa shape index (κ3) is 2.07. The highest BCUT2D eigenvalue weighted by atomic mass is 35.5. The second kappa shape index (κ2) is 4.59. The molecule has 2 aromatic carbocycles. The average molecular weight is 275 g/mol. The standard InChI is InChI=1S/C14H11ClN2S/c15-10-6-7-12-11(8-10)13(17-14(18)16-12)9-4-2-1-3-5-9/h1-8,13H,(H2,16,17,18). The maximum atomic E-state index is 6.08. The van der Waals surface area contributed by atoms with Crippen LogP contribution in [0, 0.1) is 0 Å². The molecule has 1 atom stereocenters. The molecule has 0 amide bonds. The number of halogens is 1. The fraction of sp³-hybridized carbons (Fsp3) is 0.0714. The molecule has 4 heteroatoms. The summed E-state index contributed by atoms with van der Waals surface area (Å²) in [6.45, 7) is 0. The Morgan fingerprint density at radius 1 is 1.06 bits per heavy atom. The molecule has 90 valence electrons. The molecule has 0 fully saturated rings. The molecular formula is C14H11ClN2S. The predicted molar refractivity (Wildman–Crippen MR) is 79.1 cm³/mol. The Kier molecular flexibility index (Phi) is 2.94. The fourth-order valence-corrected chi connectivity index (χ4v) is 2.57. The SMILES string of the molecule is S=C1Nc2ccc(Cl)cc2C(c2ccccc2)N1. The van der Waals surface area contributed by atoms with Crippen molar-refractivity contribution in [3.8, 4) is 0 Å². The van der Waals surface area contributed by atoms with E-state index >= 15 is 0 Å². The van der Waals surface area contributed by atoms with E-state index in [4.69, 9.17) is 23.8 Å². The smallest absolute Gasteiger partial charge is 0.171 e. The van der Waals surface area contributed by atoms with Gasteiger partial charge in [0.15, 0.2) is 5.11 Å². The molecule has 0 spiro atoms. The maximum Gasteiger partial charge on any atom is 0.171 e. The van der Waals surface area contributed by atoms with Gasteiger partial charge >= 0.3 is 0 Å². The van der Waals surface area contributed by atoms with Crippen LogP contribution in [-0.4, -0.2) is 5.11 Å². The van der Waals surface area contributed by atoms with Crippen LogP contribution in [0.4, 0.5) is 5.69 Å². The van der Waals surface area contributed by atoms with Crippen LogP contribution in [0.3, 0.4) is 0 Å². The summed E-state index contributed by atoms with van der Waals surface area (Å²) in [4.78, 5) is 0. The van der Waals surface area contributed by atoms with Crippen molar-refractivity contribution in [3.05, 3.63) is 64.7 Å². The van der Waals surface area contributed by atoms with E-state index in [2.05, 4.69) is 22.8 Å². The number of benzene rings is 2. The van der Waals surface area contributed by atoms with Crippen LogP contribution in [0.15, 0.2) is 48.5 Å². The van der Waals surface area contributed by atoms with E-state index in [1.165, 1.54) is 5.56 Å². The van der Waals surface area contributed by atoms with Crippen molar-refractivity contribution in [1.82, 2.24) is 5.32 Å². The lowest BCUT2D eigenvalue weighted by molar-refractivity contribution is 0.758. The first-order valence-corrected chi connectivity index (χ1v) is 6.44. The average Bonchev–Trinajstić information content (AvgIpc) is 2.39. The van der Waals surface area contributed by atoms with Crippen LogP contribution in [0.2, 0.25) is 5.02 Å². The highest BCUT2D eigenvalue weighted by Gasteiger charge is 2.23. The largest absolute Gasteiger partial charge is 0.351 e. The number of fused-ring (bicyclic) bond motifs is 1. The molecule has 1 unspecified atom stereocenters. The lowest BCUT2D eigenvalue weighted by Gasteiger charge is -2.29. The van der Waals surface area contributed by atoms with Gasteiger partial charge in [-0.05, 0) is 36.0 Å². The number of thiocarbonyl (C=S) groups is 1. The van der Waals surface area contributed by atoms with Crippen molar-refractivity contribution in [1.29, 1.82) is 0 Å². The van der Waals surface area contributed by atoms with Gasteiger partial charge in [-0.15, -0.1) is 0 Å². The van der Waals surface area contributed by atoms with Crippen molar-refractivity contribution in [2.75, 3.05) is 5.32 Å². The summed E-state index contributed by atoms with van der Waals surface area (Å²) in [7, 11) is 0. The fourth-order valence-electron chi connectivity index (χ4n) is 2.16. The van der Waals surface area contributed by atoms with Gasteiger partial charge in [-0.2, -0.15) is 0 Å². The van der Waals surface area contributed by atoms with Crippen LogP contribution >= 0.6 is 23.8 Å². The molecule has 0 aromatic heterocycles. The zero-order chi connectivity index (χ0) is 12.5. The van der Waals surface area contributed by atoms with E-state index in [0.717, 1.165) is 16.3 Å². The molecule has 0 saturated heterocycles. The minimum atomic E-state index is 0.0497. The maximum absolute atomic E-state index is 6.08. The second-order valence-electron chi connectivity index (χ2n) is 4.17. The van der Waals surface area contributed by atoms with Gasteiger partial charge in [-0.3, -0.25) is 0 Å². The van der Waals surface area contributed by atoms with Crippen LogP contribution < -0.4 is 10.6 Å². The molecule has 3 rings (SSSR count). The van der Waals surface area contributed by atoms with Crippen LogP contribution in [0.1, 0.15) is 17.2 Å². The molecule has 0 aliphatic carbocycles. The first-order chi connectivity index (χ1) is 8.74. The lowest BCUT2D eigenvalue weighted by Crippen LogP contribution is -2.37.